The van der Waals surface area contributed by atoms with E-state index in [1.54, 1.807) is 31.7 Å². The molecule has 39 heavy (non-hydrogen) atoms. The fraction of sp³-hybridized carbons (Fsp3) is 0.179. The number of amides is 1. The largest absolute Gasteiger partial charge is 0.336 e. The standard InChI is InChI=1S/C28H24N8O2S/c1-14(37)20-5-6-21(39-20)24-23-19(7-8-30-24)33-26(34-23)22-18-10-16(12-31-25(18)36-35-22)15-9-17(13-29-11-15)32-27(38)28(2,3)4/h5-13H,1-4H3,(H,32,38)(H,33,34)(H,31,35,36). The second kappa shape index (κ2) is 9.21. The first-order chi connectivity index (χ1) is 18.7. The van der Waals surface area contributed by atoms with Gasteiger partial charge in [-0.25, -0.2) is 9.97 Å². The highest BCUT2D eigenvalue weighted by molar-refractivity contribution is 7.17. The number of ketones is 1. The highest BCUT2D eigenvalue weighted by Gasteiger charge is 2.22. The summed E-state index contributed by atoms with van der Waals surface area (Å²) in [6.07, 6.45) is 6.80. The lowest BCUT2D eigenvalue weighted by Gasteiger charge is -2.17. The number of hydrogen-bond donors (Lipinski definition) is 3. The van der Waals surface area contributed by atoms with Crippen molar-refractivity contribution in [3.05, 3.63) is 60.0 Å². The maximum Gasteiger partial charge on any atom is 0.229 e. The number of anilines is 1. The van der Waals surface area contributed by atoms with Crippen molar-refractivity contribution in [1.82, 2.24) is 35.1 Å². The number of imidazole rings is 1. The smallest absolute Gasteiger partial charge is 0.229 e. The number of aromatic nitrogens is 7. The van der Waals surface area contributed by atoms with Crippen LogP contribution in [0.25, 0.3) is 55.3 Å². The van der Waals surface area contributed by atoms with E-state index in [0.717, 1.165) is 26.9 Å². The Bertz CT molecular complexity index is 1890. The third-order valence-corrected chi connectivity index (χ3v) is 7.43. The Kier molecular flexibility index (Phi) is 5.80. The summed E-state index contributed by atoms with van der Waals surface area (Å²) in [5, 5.41) is 11.2. The van der Waals surface area contributed by atoms with Gasteiger partial charge >= 0.3 is 0 Å². The van der Waals surface area contributed by atoms with Gasteiger partial charge in [-0.2, -0.15) is 5.10 Å². The summed E-state index contributed by atoms with van der Waals surface area (Å²) < 4.78 is 0. The molecule has 0 unspecified atom stereocenters. The Labute approximate surface area is 227 Å². The van der Waals surface area contributed by atoms with Crippen molar-refractivity contribution in [2.75, 3.05) is 5.32 Å². The molecule has 0 radical (unpaired) electrons. The first-order valence-corrected chi connectivity index (χ1v) is 13.1. The minimum absolute atomic E-state index is 0.0183. The van der Waals surface area contributed by atoms with Crippen molar-refractivity contribution in [2.24, 2.45) is 5.41 Å². The van der Waals surface area contributed by atoms with Crippen LogP contribution in [0, 0.1) is 5.41 Å². The van der Waals surface area contributed by atoms with Gasteiger partial charge in [0.05, 0.1) is 32.5 Å². The maximum atomic E-state index is 12.5. The Morgan fingerprint density at radius 2 is 1.79 bits per heavy atom. The third-order valence-electron chi connectivity index (χ3n) is 6.24. The van der Waals surface area contributed by atoms with Gasteiger partial charge in [0.1, 0.15) is 16.9 Å². The number of thiophene rings is 1. The molecule has 11 heteroatoms. The van der Waals surface area contributed by atoms with Gasteiger partial charge in [0.2, 0.25) is 5.91 Å². The molecule has 0 aromatic carbocycles. The zero-order valence-corrected chi connectivity index (χ0v) is 22.5. The fourth-order valence-corrected chi connectivity index (χ4v) is 5.01. The number of aromatic amines is 2. The van der Waals surface area contributed by atoms with Gasteiger partial charge in [0.15, 0.2) is 17.3 Å². The molecule has 1 amide bonds. The summed E-state index contributed by atoms with van der Waals surface area (Å²) in [4.78, 5) is 47.4. The number of pyridine rings is 3. The first kappa shape index (κ1) is 24.6. The molecular formula is C28H24N8O2S. The average Bonchev–Trinajstić information content (AvgIpc) is 3.65. The van der Waals surface area contributed by atoms with E-state index in [9.17, 15) is 9.59 Å². The molecule has 0 fully saturated rings. The zero-order chi connectivity index (χ0) is 27.3. The summed E-state index contributed by atoms with van der Waals surface area (Å²) in [5.41, 5.74) is 5.13. The van der Waals surface area contributed by atoms with Crippen LogP contribution in [-0.4, -0.2) is 46.8 Å². The van der Waals surface area contributed by atoms with E-state index >= 15 is 0 Å². The van der Waals surface area contributed by atoms with Crippen molar-refractivity contribution in [1.29, 1.82) is 0 Å². The summed E-state index contributed by atoms with van der Waals surface area (Å²) in [6.45, 7) is 7.13. The fourth-order valence-electron chi connectivity index (χ4n) is 4.11. The van der Waals surface area contributed by atoms with Crippen molar-refractivity contribution in [3.63, 3.8) is 0 Å². The van der Waals surface area contributed by atoms with Gasteiger partial charge in [-0.15, -0.1) is 11.3 Å². The topological polar surface area (TPSA) is 142 Å². The van der Waals surface area contributed by atoms with Gasteiger partial charge < -0.3 is 10.3 Å². The van der Waals surface area contributed by atoms with Crippen LogP contribution in [0.2, 0.25) is 0 Å². The molecule has 6 aromatic rings. The minimum atomic E-state index is -0.524. The Morgan fingerprint density at radius 1 is 0.974 bits per heavy atom. The quantitative estimate of drug-likeness (QED) is 0.234. The van der Waals surface area contributed by atoms with Gasteiger partial charge in [-0.3, -0.25) is 24.7 Å². The molecule has 3 N–H and O–H groups in total. The average molecular weight is 537 g/mol. The van der Waals surface area contributed by atoms with Crippen LogP contribution in [0.3, 0.4) is 0 Å². The van der Waals surface area contributed by atoms with Crippen molar-refractivity contribution < 1.29 is 9.59 Å². The van der Waals surface area contributed by atoms with Crippen LogP contribution < -0.4 is 5.32 Å². The molecule has 6 heterocycles. The zero-order valence-electron chi connectivity index (χ0n) is 21.7. The molecule has 0 saturated heterocycles. The second-order valence-corrected chi connectivity index (χ2v) is 11.3. The summed E-state index contributed by atoms with van der Waals surface area (Å²) in [7, 11) is 0. The molecule has 0 atom stereocenters. The molecule has 0 bridgehead atoms. The Morgan fingerprint density at radius 3 is 2.56 bits per heavy atom. The molecule has 0 aliphatic carbocycles. The van der Waals surface area contributed by atoms with Gasteiger partial charge in [-0.1, -0.05) is 20.8 Å². The number of H-pyrrole nitrogens is 2. The van der Waals surface area contributed by atoms with Gasteiger partial charge in [0.25, 0.3) is 0 Å². The van der Waals surface area contributed by atoms with E-state index < -0.39 is 5.41 Å². The lowest BCUT2D eigenvalue weighted by Crippen LogP contribution is -2.27. The van der Waals surface area contributed by atoms with Crippen molar-refractivity contribution in [3.8, 4) is 33.2 Å². The molecule has 0 saturated carbocycles. The van der Waals surface area contributed by atoms with Crippen molar-refractivity contribution in [2.45, 2.75) is 27.7 Å². The number of nitrogens with zero attached hydrogens (tertiary/aromatic N) is 5. The predicted molar refractivity (Wildman–Crippen MR) is 151 cm³/mol. The lowest BCUT2D eigenvalue weighted by molar-refractivity contribution is -0.123. The molecule has 194 valence electrons. The van der Waals surface area contributed by atoms with Crippen LogP contribution in [0.1, 0.15) is 37.4 Å². The molecule has 6 rings (SSSR count). The van der Waals surface area contributed by atoms with E-state index in [0.29, 0.717) is 38.9 Å². The maximum absolute atomic E-state index is 12.5. The summed E-state index contributed by atoms with van der Waals surface area (Å²) in [6, 6.07) is 9.40. The minimum Gasteiger partial charge on any atom is -0.336 e. The number of rotatable bonds is 5. The van der Waals surface area contributed by atoms with E-state index in [-0.39, 0.29) is 11.7 Å². The number of carbonyl (C=O) groups excluding carboxylic acids is 2. The summed E-state index contributed by atoms with van der Waals surface area (Å²) in [5.74, 6) is 0.493. The van der Waals surface area contributed by atoms with E-state index in [1.807, 2.05) is 51.1 Å². The molecular weight excluding hydrogens is 512 g/mol. The predicted octanol–water partition coefficient (Wildman–Crippen LogP) is 5.87. The van der Waals surface area contributed by atoms with E-state index in [2.05, 4.69) is 35.5 Å². The van der Waals surface area contributed by atoms with Gasteiger partial charge in [0, 0.05) is 35.1 Å². The monoisotopic (exact) mass is 536 g/mol. The van der Waals surface area contributed by atoms with E-state index in [4.69, 9.17) is 4.98 Å². The number of carbonyl (C=O) groups is 2. The number of hydrogen-bond acceptors (Lipinski definition) is 8. The molecule has 0 spiro atoms. The highest BCUT2D eigenvalue weighted by atomic mass is 32.1. The number of fused-ring (bicyclic) bond motifs is 2. The Hall–Kier alpha value is -4.77. The van der Waals surface area contributed by atoms with Crippen molar-refractivity contribution >= 4 is 50.8 Å². The highest BCUT2D eigenvalue weighted by Crippen LogP contribution is 2.34. The first-order valence-electron chi connectivity index (χ1n) is 12.2. The normalized spacial score (nSPS) is 11.8. The second-order valence-electron chi connectivity index (χ2n) is 10.2. The molecule has 6 aromatic heterocycles. The lowest BCUT2D eigenvalue weighted by atomic mass is 9.95. The van der Waals surface area contributed by atoms with E-state index in [1.165, 1.54) is 11.3 Å². The molecule has 0 aliphatic heterocycles. The number of nitrogens with one attached hydrogen (secondary N) is 3. The molecule has 10 nitrogen and oxygen atoms in total. The summed E-state index contributed by atoms with van der Waals surface area (Å²) >= 11 is 1.39. The van der Waals surface area contributed by atoms with Crippen LogP contribution in [0.4, 0.5) is 5.69 Å². The van der Waals surface area contributed by atoms with Crippen LogP contribution in [-0.2, 0) is 4.79 Å². The van der Waals surface area contributed by atoms with Gasteiger partial charge in [-0.05, 0) is 37.3 Å². The van der Waals surface area contributed by atoms with Crippen LogP contribution in [0.15, 0.2) is 55.1 Å². The number of Topliss-reactive ketones (excluding diaryl/α,β-unsaturated/α-hetero) is 1. The Balaban J connectivity index is 1.39. The third kappa shape index (κ3) is 4.57. The molecule has 0 aliphatic rings. The van der Waals surface area contributed by atoms with Crippen LogP contribution in [0.5, 0.6) is 0 Å². The SMILES string of the molecule is CC(=O)c1ccc(-c2nccc3[nH]c(-c4n[nH]c5ncc(-c6cncc(NC(=O)C(C)(C)C)c6)cc45)nc23)s1. The van der Waals surface area contributed by atoms with Crippen LogP contribution >= 0.6 is 11.3 Å².